The van der Waals surface area contributed by atoms with E-state index in [0.717, 1.165) is 11.4 Å². The number of carbonyl (C=O) groups is 1. The highest BCUT2D eigenvalue weighted by molar-refractivity contribution is 5.92. The average molecular weight is 269 g/mol. The van der Waals surface area contributed by atoms with E-state index in [1.54, 1.807) is 30.7 Å². The van der Waals surface area contributed by atoms with Crippen LogP contribution >= 0.6 is 0 Å². The number of hydrogen-bond donors (Lipinski definition) is 3. The Kier molecular flexibility index (Phi) is 4.87. The summed E-state index contributed by atoms with van der Waals surface area (Å²) in [5.74, 6) is 6.21. The highest BCUT2D eigenvalue weighted by atomic mass is 16.1. The molecule has 2 rings (SSSR count). The summed E-state index contributed by atoms with van der Waals surface area (Å²) in [4.78, 5) is 23.0. The first-order valence-corrected chi connectivity index (χ1v) is 6.21. The zero-order valence-corrected chi connectivity index (χ0v) is 10.9. The molecule has 0 spiro atoms. The number of nitrogens with two attached hydrogens (primary N) is 1. The zero-order valence-electron chi connectivity index (χ0n) is 10.9. The second kappa shape index (κ2) is 7.07. The minimum atomic E-state index is -0.213. The third-order valence-electron chi connectivity index (χ3n) is 2.53. The Morgan fingerprint density at radius 1 is 1.40 bits per heavy atom. The normalized spacial score (nSPS) is 9.65. The number of nitrogens with zero attached hydrogens (tertiary/aromatic N) is 2. The zero-order chi connectivity index (χ0) is 14.2. The molecule has 6 nitrogen and oxygen atoms in total. The van der Waals surface area contributed by atoms with Gasteiger partial charge in [-0.15, -0.1) is 0 Å². The summed E-state index contributed by atoms with van der Waals surface area (Å²) in [7, 11) is 0. The summed E-state index contributed by atoms with van der Waals surface area (Å²) in [6, 6.07) is 3.39. The second-order valence-corrected chi connectivity index (χ2v) is 3.98. The molecular formula is C14H15N5O. The van der Waals surface area contributed by atoms with Crippen molar-refractivity contribution in [3.8, 4) is 11.8 Å². The van der Waals surface area contributed by atoms with Crippen molar-refractivity contribution in [2.45, 2.75) is 6.42 Å². The molecule has 20 heavy (non-hydrogen) atoms. The van der Waals surface area contributed by atoms with Gasteiger partial charge in [-0.2, -0.15) is 0 Å². The summed E-state index contributed by atoms with van der Waals surface area (Å²) in [5, 5.41) is 2.78. The lowest BCUT2D eigenvalue weighted by molar-refractivity contribution is 0.0949. The molecule has 0 fully saturated rings. The Bertz CT molecular complexity index is 607. The molecule has 1 amide bonds. The summed E-state index contributed by atoms with van der Waals surface area (Å²) in [6.07, 6.45) is 5.64. The number of hydrogen-bond acceptors (Lipinski definition) is 4. The van der Waals surface area contributed by atoms with Gasteiger partial charge >= 0.3 is 0 Å². The van der Waals surface area contributed by atoms with Gasteiger partial charge in [-0.3, -0.25) is 4.79 Å². The van der Waals surface area contributed by atoms with Gasteiger partial charge in [0.1, 0.15) is 11.5 Å². The van der Waals surface area contributed by atoms with Gasteiger partial charge in [0, 0.05) is 37.1 Å². The summed E-state index contributed by atoms with van der Waals surface area (Å²) in [5.41, 5.74) is 6.39. The van der Waals surface area contributed by atoms with Gasteiger partial charge in [-0.25, -0.2) is 9.97 Å². The van der Waals surface area contributed by atoms with Gasteiger partial charge in [-0.05, 0) is 12.1 Å². The van der Waals surface area contributed by atoms with Crippen LogP contribution in [0.2, 0.25) is 0 Å². The number of H-pyrrole nitrogens is 1. The van der Waals surface area contributed by atoms with Crippen LogP contribution in [-0.2, 0) is 6.42 Å². The molecule has 0 saturated carbocycles. The average Bonchev–Trinajstić information content (AvgIpc) is 2.99. The molecule has 0 atom stereocenters. The van der Waals surface area contributed by atoms with E-state index in [9.17, 15) is 4.79 Å². The van der Waals surface area contributed by atoms with Crippen LogP contribution in [-0.4, -0.2) is 33.9 Å². The van der Waals surface area contributed by atoms with E-state index < -0.39 is 0 Å². The SMILES string of the molecule is NCC#Cc1ccc(C(=O)NCCc2ncc[nH]2)nc1. The van der Waals surface area contributed by atoms with Crippen molar-refractivity contribution in [1.29, 1.82) is 0 Å². The van der Waals surface area contributed by atoms with Crippen LogP contribution in [0.3, 0.4) is 0 Å². The number of aromatic amines is 1. The number of aromatic nitrogens is 3. The van der Waals surface area contributed by atoms with E-state index in [-0.39, 0.29) is 5.91 Å². The van der Waals surface area contributed by atoms with Gasteiger partial charge in [0.2, 0.25) is 0 Å². The van der Waals surface area contributed by atoms with Crippen LogP contribution in [0, 0.1) is 11.8 Å². The molecule has 0 unspecified atom stereocenters. The van der Waals surface area contributed by atoms with Gasteiger partial charge in [0.25, 0.3) is 5.91 Å². The van der Waals surface area contributed by atoms with E-state index >= 15 is 0 Å². The van der Waals surface area contributed by atoms with E-state index in [1.165, 1.54) is 0 Å². The number of nitrogens with one attached hydrogen (secondary N) is 2. The first-order valence-electron chi connectivity index (χ1n) is 6.21. The van der Waals surface area contributed by atoms with Crippen molar-refractivity contribution in [3.05, 3.63) is 47.8 Å². The molecule has 4 N–H and O–H groups in total. The molecule has 0 aliphatic rings. The molecule has 0 aliphatic heterocycles. The Hall–Kier alpha value is -2.65. The third-order valence-corrected chi connectivity index (χ3v) is 2.53. The van der Waals surface area contributed by atoms with Crippen LogP contribution in [0.5, 0.6) is 0 Å². The Morgan fingerprint density at radius 3 is 2.95 bits per heavy atom. The van der Waals surface area contributed by atoms with Crippen molar-refractivity contribution in [3.63, 3.8) is 0 Å². The van der Waals surface area contributed by atoms with E-state index in [1.807, 2.05) is 0 Å². The fourth-order valence-corrected chi connectivity index (χ4v) is 1.57. The van der Waals surface area contributed by atoms with E-state index in [2.05, 4.69) is 32.1 Å². The lowest BCUT2D eigenvalue weighted by atomic mass is 10.2. The number of rotatable bonds is 4. The Balaban J connectivity index is 1.85. The maximum atomic E-state index is 11.8. The van der Waals surface area contributed by atoms with Gasteiger partial charge in [0.15, 0.2) is 0 Å². The Morgan fingerprint density at radius 2 is 2.30 bits per heavy atom. The quantitative estimate of drug-likeness (QED) is 0.685. The largest absolute Gasteiger partial charge is 0.350 e. The second-order valence-electron chi connectivity index (χ2n) is 3.98. The van der Waals surface area contributed by atoms with Crippen LogP contribution in [0.1, 0.15) is 21.9 Å². The number of amides is 1. The molecule has 0 saturated heterocycles. The first kappa shape index (κ1) is 13.8. The van der Waals surface area contributed by atoms with Crippen molar-refractivity contribution in [2.24, 2.45) is 5.73 Å². The van der Waals surface area contributed by atoms with E-state index in [0.29, 0.717) is 25.2 Å². The summed E-state index contributed by atoms with van der Waals surface area (Å²) >= 11 is 0. The molecule has 2 aromatic heterocycles. The molecule has 0 bridgehead atoms. The third kappa shape index (κ3) is 3.93. The summed E-state index contributed by atoms with van der Waals surface area (Å²) < 4.78 is 0. The fourth-order valence-electron chi connectivity index (χ4n) is 1.57. The number of carbonyl (C=O) groups excluding carboxylic acids is 1. The molecule has 2 aromatic rings. The maximum Gasteiger partial charge on any atom is 0.269 e. The smallest absolute Gasteiger partial charge is 0.269 e. The van der Waals surface area contributed by atoms with Crippen molar-refractivity contribution in [1.82, 2.24) is 20.3 Å². The minimum absolute atomic E-state index is 0.213. The number of pyridine rings is 1. The van der Waals surface area contributed by atoms with Crippen LogP contribution in [0.15, 0.2) is 30.7 Å². The lowest BCUT2D eigenvalue weighted by Gasteiger charge is -2.03. The number of imidazole rings is 1. The standard InChI is InChI=1S/C14H15N5O/c15-6-1-2-11-3-4-12(19-10-11)14(20)18-7-5-13-16-8-9-17-13/h3-4,8-10H,5-7,15H2,(H,16,17)(H,18,20). The topological polar surface area (TPSA) is 96.7 Å². The molecular weight excluding hydrogens is 254 g/mol. The minimum Gasteiger partial charge on any atom is -0.350 e. The molecule has 102 valence electrons. The van der Waals surface area contributed by atoms with Crippen LogP contribution in [0.25, 0.3) is 0 Å². The van der Waals surface area contributed by atoms with Gasteiger partial charge in [0.05, 0.1) is 6.54 Å². The molecule has 2 heterocycles. The molecule has 0 radical (unpaired) electrons. The van der Waals surface area contributed by atoms with E-state index in [4.69, 9.17) is 5.73 Å². The van der Waals surface area contributed by atoms with Gasteiger partial charge in [-0.1, -0.05) is 11.8 Å². The molecule has 6 heteroatoms. The van der Waals surface area contributed by atoms with Crippen LogP contribution < -0.4 is 11.1 Å². The maximum absolute atomic E-state index is 11.8. The monoisotopic (exact) mass is 269 g/mol. The molecule has 0 aliphatic carbocycles. The van der Waals surface area contributed by atoms with Gasteiger partial charge < -0.3 is 16.0 Å². The predicted octanol–water partition coefficient (Wildman–Crippen LogP) is 0.0874. The van der Waals surface area contributed by atoms with Crippen molar-refractivity contribution < 1.29 is 4.79 Å². The predicted molar refractivity (Wildman–Crippen MR) is 74.8 cm³/mol. The lowest BCUT2D eigenvalue weighted by Crippen LogP contribution is -2.26. The highest BCUT2D eigenvalue weighted by Crippen LogP contribution is 1.99. The summed E-state index contributed by atoms with van der Waals surface area (Å²) in [6.45, 7) is 0.803. The van der Waals surface area contributed by atoms with Crippen LogP contribution in [0.4, 0.5) is 0 Å². The fraction of sp³-hybridized carbons (Fsp3) is 0.214. The van der Waals surface area contributed by atoms with Crippen molar-refractivity contribution in [2.75, 3.05) is 13.1 Å². The van der Waals surface area contributed by atoms with Crippen molar-refractivity contribution >= 4 is 5.91 Å². The Labute approximate surface area is 116 Å². The highest BCUT2D eigenvalue weighted by Gasteiger charge is 2.06. The molecule has 0 aromatic carbocycles. The first-order chi connectivity index (χ1) is 9.79.